The summed E-state index contributed by atoms with van der Waals surface area (Å²) in [6.07, 6.45) is 1.35. The highest BCUT2D eigenvalue weighted by molar-refractivity contribution is 7.17. The van der Waals surface area contributed by atoms with E-state index in [0.717, 1.165) is 12.1 Å². The minimum Gasteiger partial charge on any atom is -0.302 e. The van der Waals surface area contributed by atoms with Crippen LogP contribution in [0.3, 0.4) is 0 Å². The maximum atomic E-state index is 11.9. The van der Waals surface area contributed by atoms with Crippen LogP contribution >= 0.6 is 11.3 Å². The Morgan fingerprint density at radius 3 is 2.75 bits per heavy atom. The predicted octanol–water partition coefficient (Wildman–Crippen LogP) is 2.26. The van der Waals surface area contributed by atoms with E-state index in [1.807, 2.05) is 0 Å². The molecular formula is C11H14N2O2S. The van der Waals surface area contributed by atoms with Crippen molar-refractivity contribution in [1.82, 2.24) is 4.98 Å². The van der Waals surface area contributed by atoms with E-state index in [-0.39, 0.29) is 17.1 Å². The van der Waals surface area contributed by atoms with E-state index < -0.39 is 0 Å². The van der Waals surface area contributed by atoms with Crippen molar-refractivity contribution in [2.24, 2.45) is 5.41 Å². The van der Waals surface area contributed by atoms with E-state index in [4.69, 9.17) is 0 Å². The molecule has 0 saturated heterocycles. The van der Waals surface area contributed by atoms with E-state index in [0.29, 0.717) is 16.4 Å². The fourth-order valence-electron chi connectivity index (χ4n) is 1.92. The first-order valence-corrected chi connectivity index (χ1v) is 5.99. The number of thiazole rings is 1. The molecule has 1 amide bonds. The van der Waals surface area contributed by atoms with Gasteiger partial charge >= 0.3 is 0 Å². The molecular weight excluding hydrogens is 224 g/mol. The van der Waals surface area contributed by atoms with Gasteiger partial charge in [0.2, 0.25) is 5.91 Å². The van der Waals surface area contributed by atoms with Crippen molar-refractivity contribution in [3.63, 3.8) is 0 Å². The normalized spacial score (nSPS) is 18.1. The number of fused-ring (bicyclic) bond motifs is 1. The first kappa shape index (κ1) is 11.3. The molecule has 1 aromatic heterocycles. The van der Waals surface area contributed by atoms with Gasteiger partial charge in [-0.05, 0) is 11.8 Å². The number of rotatable bonds is 1. The zero-order valence-electron chi connectivity index (χ0n) is 9.59. The van der Waals surface area contributed by atoms with Crippen LogP contribution in [-0.4, -0.2) is 16.7 Å². The molecule has 1 N–H and O–H groups in total. The number of hydrogen-bond acceptors (Lipinski definition) is 4. The van der Waals surface area contributed by atoms with E-state index in [1.165, 1.54) is 18.3 Å². The summed E-state index contributed by atoms with van der Waals surface area (Å²) < 4.78 is 0. The molecule has 1 heterocycles. The average molecular weight is 238 g/mol. The molecule has 0 spiro atoms. The Balaban J connectivity index is 2.34. The highest BCUT2D eigenvalue weighted by Gasteiger charge is 2.33. The maximum Gasteiger partial charge on any atom is 0.223 e. The van der Waals surface area contributed by atoms with E-state index in [9.17, 15) is 9.59 Å². The van der Waals surface area contributed by atoms with Crippen LogP contribution in [0.5, 0.6) is 0 Å². The summed E-state index contributed by atoms with van der Waals surface area (Å²) in [5, 5.41) is 3.16. The largest absolute Gasteiger partial charge is 0.302 e. The van der Waals surface area contributed by atoms with E-state index >= 15 is 0 Å². The van der Waals surface area contributed by atoms with Crippen LogP contribution in [0.15, 0.2) is 0 Å². The Morgan fingerprint density at radius 1 is 1.44 bits per heavy atom. The van der Waals surface area contributed by atoms with Gasteiger partial charge in [-0.2, -0.15) is 0 Å². The fraction of sp³-hybridized carbons (Fsp3) is 0.545. The van der Waals surface area contributed by atoms with Gasteiger partial charge in [0.15, 0.2) is 10.9 Å². The van der Waals surface area contributed by atoms with Crippen LogP contribution in [-0.2, 0) is 11.2 Å². The van der Waals surface area contributed by atoms with Crippen molar-refractivity contribution in [3.8, 4) is 0 Å². The number of amides is 1. The molecule has 0 unspecified atom stereocenters. The molecule has 0 aromatic carbocycles. The fourth-order valence-corrected chi connectivity index (χ4v) is 2.89. The summed E-state index contributed by atoms with van der Waals surface area (Å²) in [5.74, 6) is -0.0156. The summed E-state index contributed by atoms with van der Waals surface area (Å²) in [6.45, 7) is 5.56. The van der Waals surface area contributed by atoms with Crippen LogP contribution in [0.1, 0.15) is 42.6 Å². The van der Waals surface area contributed by atoms with Crippen LogP contribution in [0.25, 0.3) is 0 Å². The van der Waals surface area contributed by atoms with Crippen molar-refractivity contribution >= 4 is 28.2 Å². The van der Waals surface area contributed by atoms with Gasteiger partial charge in [-0.15, -0.1) is 0 Å². The number of carbonyl (C=O) groups excluding carboxylic acids is 2. The van der Waals surface area contributed by atoms with Crippen molar-refractivity contribution in [1.29, 1.82) is 0 Å². The number of anilines is 1. The Kier molecular flexibility index (Phi) is 2.58. The number of hydrogen-bond donors (Lipinski definition) is 1. The topological polar surface area (TPSA) is 59.1 Å². The highest BCUT2D eigenvalue weighted by Crippen LogP contribution is 2.38. The number of aromatic nitrogens is 1. The smallest absolute Gasteiger partial charge is 0.223 e. The molecule has 1 aromatic rings. The molecule has 0 saturated carbocycles. The monoisotopic (exact) mass is 238 g/mol. The van der Waals surface area contributed by atoms with E-state index in [1.54, 1.807) is 0 Å². The Morgan fingerprint density at radius 2 is 2.12 bits per heavy atom. The predicted molar refractivity (Wildman–Crippen MR) is 62.9 cm³/mol. The summed E-state index contributed by atoms with van der Waals surface area (Å²) in [4.78, 5) is 27.8. The first-order chi connectivity index (χ1) is 7.37. The van der Waals surface area contributed by atoms with Crippen LogP contribution in [0.4, 0.5) is 5.13 Å². The summed E-state index contributed by atoms with van der Waals surface area (Å²) >= 11 is 1.28. The molecule has 4 nitrogen and oxygen atoms in total. The number of nitrogens with one attached hydrogen (secondary N) is 1. The molecule has 0 aliphatic heterocycles. The van der Waals surface area contributed by atoms with Gasteiger partial charge in [-0.25, -0.2) is 4.98 Å². The number of nitrogens with zero attached hydrogens (tertiary/aromatic N) is 1. The second-order valence-corrected chi connectivity index (χ2v) is 5.92. The van der Waals surface area contributed by atoms with Gasteiger partial charge in [-0.3, -0.25) is 9.59 Å². The first-order valence-electron chi connectivity index (χ1n) is 5.18. The Hall–Kier alpha value is -1.23. The van der Waals surface area contributed by atoms with Gasteiger partial charge in [0.05, 0.1) is 10.6 Å². The lowest BCUT2D eigenvalue weighted by Gasteiger charge is -2.26. The van der Waals surface area contributed by atoms with Gasteiger partial charge < -0.3 is 5.32 Å². The van der Waals surface area contributed by atoms with E-state index in [2.05, 4.69) is 24.1 Å². The maximum absolute atomic E-state index is 11.9. The molecule has 16 heavy (non-hydrogen) atoms. The van der Waals surface area contributed by atoms with Crippen LogP contribution in [0.2, 0.25) is 0 Å². The molecule has 0 radical (unpaired) electrons. The van der Waals surface area contributed by atoms with Gasteiger partial charge in [0.25, 0.3) is 0 Å². The van der Waals surface area contributed by atoms with Gasteiger partial charge in [0.1, 0.15) is 0 Å². The minimum absolute atomic E-state index is 0.0222. The zero-order valence-corrected chi connectivity index (χ0v) is 10.4. The van der Waals surface area contributed by atoms with Crippen molar-refractivity contribution < 1.29 is 9.59 Å². The molecule has 0 atom stereocenters. The minimum atomic E-state index is -0.155. The van der Waals surface area contributed by atoms with Crippen molar-refractivity contribution in [3.05, 3.63) is 10.6 Å². The molecule has 2 rings (SSSR count). The molecule has 0 fully saturated rings. The number of ketones is 1. The Bertz CT molecular complexity index is 463. The number of carbonyl (C=O) groups is 2. The molecule has 1 aliphatic carbocycles. The standard InChI is InChI=1S/C11H14N2O2S/c1-6(14)12-10-13-7-4-11(2,3)5-8(15)9(7)16-10/h4-5H2,1-3H3,(H,12,13,14). The Labute approximate surface area is 98.1 Å². The quantitative estimate of drug-likeness (QED) is 0.816. The summed E-state index contributed by atoms with van der Waals surface area (Å²) in [6, 6.07) is 0. The lowest BCUT2D eigenvalue weighted by molar-refractivity contribution is -0.114. The van der Waals surface area contributed by atoms with Gasteiger partial charge in [-0.1, -0.05) is 25.2 Å². The third-order valence-electron chi connectivity index (χ3n) is 2.52. The van der Waals surface area contributed by atoms with Crippen molar-refractivity contribution in [2.75, 3.05) is 5.32 Å². The SMILES string of the molecule is CC(=O)Nc1nc2c(s1)C(=O)CC(C)(C)C2. The second kappa shape index (κ2) is 3.66. The highest BCUT2D eigenvalue weighted by atomic mass is 32.1. The van der Waals surface area contributed by atoms with Crippen molar-refractivity contribution in [2.45, 2.75) is 33.6 Å². The second-order valence-electron chi connectivity index (χ2n) is 4.92. The number of Topliss-reactive ketones (excluding diaryl/α,β-unsaturated/α-hetero) is 1. The molecule has 1 aliphatic rings. The molecule has 5 heteroatoms. The molecule has 0 bridgehead atoms. The van der Waals surface area contributed by atoms with Gasteiger partial charge in [0, 0.05) is 13.3 Å². The van der Waals surface area contributed by atoms with Crippen LogP contribution < -0.4 is 5.32 Å². The third-order valence-corrected chi connectivity index (χ3v) is 3.57. The molecule has 86 valence electrons. The van der Waals surface area contributed by atoms with Crippen LogP contribution in [0, 0.1) is 5.41 Å². The lowest BCUT2D eigenvalue weighted by Crippen LogP contribution is -2.26. The zero-order chi connectivity index (χ0) is 11.9. The lowest BCUT2D eigenvalue weighted by atomic mass is 9.78. The summed E-state index contributed by atoms with van der Waals surface area (Å²) in [5.41, 5.74) is 0.807. The summed E-state index contributed by atoms with van der Waals surface area (Å²) in [7, 11) is 0. The third kappa shape index (κ3) is 2.14. The average Bonchev–Trinajstić information content (AvgIpc) is 2.43.